The number of aliphatic carboxylic acids is 1. The largest absolute Gasteiger partial charge is 0.482 e. The Hall–Kier alpha value is -2.57. The first-order chi connectivity index (χ1) is 11.1. The summed E-state index contributed by atoms with van der Waals surface area (Å²) in [6.07, 6.45) is 0.190. The van der Waals surface area contributed by atoms with Gasteiger partial charge < -0.3 is 20.1 Å². The molecular formula is C17H24N2O5. The van der Waals surface area contributed by atoms with Crippen LogP contribution >= 0.6 is 0 Å². The molecule has 0 aliphatic heterocycles. The lowest BCUT2D eigenvalue weighted by molar-refractivity contribution is -0.139. The molecule has 1 aromatic carbocycles. The molecule has 0 aliphatic rings. The number of anilines is 1. The van der Waals surface area contributed by atoms with Crippen molar-refractivity contribution in [2.75, 3.05) is 25.1 Å². The van der Waals surface area contributed by atoms with E-state index >= 15 is 0 Å². The van der Waals surface area contributed by atoms with E-state index in [1.54, 1.807) is 31.3 Å². The van der Waals surface area contributed by atoms with E-state index in [4.69, 9.17) is 9.84 Å². The highest BCUT2D eigenvalue weighted by atomic mass is 16.5. The Bertz CT molecular complexity index is 590. The molecule has 1 rings (SSSR count). The summed E-state index contributed by atoms with van der Waals surface area (Å²) in [6.45, 7) is 5.29. The predicted molar refractivity (Wildman–Crippen MR) is 90.1 cm³/mol. The first-order valence-corrected chi connectivity index (χ1v) is 7.61. The second-order valence-electron chi connectivity index (χ2n) is 6.38. The molecule has 2 N–H and O–H groups in total. The van der Waals surface area contributed by atoms with Gasteiger partial charge in [0.25, 0.3) is 0 Å². The minimum Gasteiger partial charge on any atom is -0.482 e. The van der Waals surface area contributed by atoms with E-state index in [2.05, 4.69) is 5.32 Å². The zero-order chi connectivity index (χ0) is 18.3. The van der Waals surface area contributed by atoms with E-state index in [1.807, 2.05) is 20.8 Å². The number of benzene rings is 1. The summed E-state index contributed by atoms with van der Waals surface area (Å²) in [5.41, 5.74) is 0.172. The van der Waals surface area contributed by atoms with E-state index < -0.39 is 18.0 Å². The Morgan fingerprint density at radius 1 is 1.17 bits per heavy atom. The molecule has 0 heterocycles. The molecule has 0 saturated carbocycles. The summed E-state index contributed by atoms with van der Waals surface area (Å²) in [4.78, 5) is 35.8. The van der Waals surface area contributed by atoms with Gasteiger partial charge in [-0.1, -0.05) is 20.8 Å². The van der Waals surface area contributed by atoms with Gasteiger partial charge in [-0.2, -0.15) is 0 Å². The van der Waals surface area contributed by atoms with Crippen LogP contribution in [0.1, 0.15) is 27.2 Å². The average molecular weight is 336 g/mol. The number of carboxylic acid groups (broad SMARTS) is 1. The lowest BCUT2D eigenvalue weighted by atomic mass is 9.96. The van der Waals surface area contributed by atoms with Gasteiger partial charge in [-0.3, -0.25) is 9.59 Å². The van der Waals surface area contributed by atoms with Crippen molar-refractivity contribution in [2.24, 2.45) is 5.41 Å². The predicted octanol–water partition coefficient (Wildman–Crippen LogP) is 1.67. The van der Waals surface area contributed by atoms with E-state index in [0.717, 1.165) is 0 Å². The maximum Gasteiger partial charge on any atom is 0.341 e. The van der Waals surface area contributed by atoms with Crippen LogP contribution in [0.15, 0.2) is 24.3 Å². The number of carboxylic acids is 1. The number of hydrogen-bond donors (Lipinski definition) is 2. The maximum atomic E-state index is 12.1. The highest BCUT2D eigenvalue weighted by Crippen LogP contribution is 2.19. The minimum atomic E-state index is -1.05. The third kappa shape index (κ3) is 6.28. The van der Waals surface area contributed by atoms with Gasteiger partial charge in [-0.25, -0.2) is 4.79 Å². The summed E-state index contributed by atoms with van der Waals surface area (Å²) in [5.74, 6) is -0.871. The fourth-order valence-corrected chi connectivity index (χ4v) is 1.77. The van der Waals surface area contributed by atoms with Crippen molar-refractivity contribution in [3.8, 4) is 5.75 Å². The van der Waals surface area contributed by atoms with Gasteiger partial charge in [0.1, 0.15) is 5.75 Å². The molecule has 0 fully saturated rings. The minimum absolute atomic E-state index is 0.0992. The maximum absolute atomic E-state index is 12.1. The van der Waals surface area contributed by atoms with Crippen molar-refractivity contribution in [1.82, 2.24) is 5.32 Å². The van der Waals surface area contributed by atoms with E-state index in [0.29, 0.717) is 11.4 Å². The van der Waals surface area contributed by atoms with Gasteiger partial charge in [0.15, 0.2) is 6.61 Å². The van der Waals surface area contributed by atoms with Gasteiger partial charge in [0.2, 0.25) is 11.8 Å². The lowest BCUT2D eigenvalue weighted by Crippen LogP contribution is -2.37. The molecule has 7 nitrogen and oxygen atoms in total. The smallest absolute Gasteiger partial charge is 0.341 e. The second-order valence-corrected chi connectivity index (χ2v) is 6.38. The van der Waals surface area contributed by atoms with Crippen LogP contribution in [-0.2, 0) is 14.4 Å². The van der Waals surface area contributed by atoms with Gasteiger partial charge >= 0.3 is 5.97 Å². The third-order valence-corrected chi connectivity index (χ3v) is 3.27. The third-order valence-electron chi connectivity index (χ3n) is 3.27. The standard InChI is InChI=1S/C17H24N2O5/c1-17(2,3)16(23)18-10-9-14(20)19(4)12-5-7-13(8-6-12)24-11-15(21)22/h5-8H,9-11H2,1-4H3,(H,18,23)(H,21,22). The molecule has 0 bridgehead atoms. The lowest BCUT2D eigenvalue weighted by Gasteiger charge is -2.20. The molecule has 1 aromatic rings. The van der Waals surface area contributed by atoms with Gasteiger partial charge in [0.05, 0.1) is 0 Å². The zero-order valence-corrected chi connectivity index (χ0v) is 14.5. The highest BCUT2D eigenvalue weighted by molar-refractivity contribution is 5.93. The number of rotatable bonds is 7. The monoisotopic (exact) mass is 336 g/mol. The van der Waals surface area contributed by atoms with Crippen LogP contribution in [0.2, 0.25) is 0 Å². The molecule has 132 valence electrons. The van der Waals surface area contributed by atoms with Crippen LogP contribution in [0.5, 0.6) is 5.75 Å². The number of carbonyl (C=O) groups is 3. The van der Waals surface area contributed by atoms with Crippen molar-refractivity contribution in [2.45, 2.75) is 27.2 Å². The second kappa shape index (κ2) is 8.33. The Kier molecular flexibility index (Phi) is 6.76. The Balaban J connectivity index is 2.50. The first-order valence-electron chi connectivity index (χ1n) is 7.61. The molecular weight excluding hydrogens is 312 g/mol. The SMILES string of the molecule is CN(C(=O)CCNC(=O)C(C)(C)C)c1ccc(OCC(=O)O)cc1. The van der Waals surface area contributed by atoms with Gasteiger partial charge in [-0.05, 0) is 24.3 Å². The van der Waals surface area contributed by atoms with Crippen LogP contribution in [0.25, 0.3) is 0 Å². The summed E-state index contributed by atoms with van der Waals surface area (Å²) >= 11 is 0. The number of nitrogens with one attached hydrogen (secondary N) is 1. The molecule has 2 amide bonds. The van der Waals surface area contributed by atoms with Crippen molar-refractivity contribution < 1.29 is 24.2 Å². The summed E-state index contributed by atoms with van der Waals surface area (Å²) in [7, 11) is 1.64. The molecule has 0 aromatic heterocycles. The molecule has 7 heteroatoms. The molecule has 0 unspecified atom stereocenters. The Morgan fingerprint density at radius 3 is 2.25 bits per heavy atom. The van der Waals surface area contributed by atoms with Gasteiger partial charge in [-0.15, -0.1) is 0 Å². The number of amides is 2. The van der Waals surface area contributed by atoms with E-state index in [9.17, 15) is 14.4 Å². The molecule has 0 spiro atoms. The fraction of sp³-hybridized carbons (Fsp3) is 0.471. The molecule has 24 heavy (non-hydrogen) atoms. The first kappa shape index (κ1) is 19.5. The van der Waals surface area contributed by atoms with Crippen LogP contribution < -0.4 is 15.0 Å². The molecule has 0 atom stereocenters. The Labute approximate surface area is 141 Å². The molecule has 0 radical (unpaired) electrons. The normalized spacial score (nSPS) is 10.8. The van der Waals surface area contributed by atoms with Crippen molar-refractivity contribution in [3.05, 3.63) is 24.3 Å². The molecule has 0 aliphatic carbocycles. The van der Waals surface area contributed by atoms with Crippen molar-refractivity contribution in [1.29, 1.82) is 0 Å². The summed E-state index contributed by atoms with van der Waals surface area (Å²) < 4.78 is 5.04. The molecule has 0 saturated heterocycles. The zero-order valence-electron chi connectivity index (χ0n) is 14.5. The number of ether oxygens (including phenoxy) is 1. The summed E-state index contributed by atoms with van der Waals surface area (Å²) in [5, 5.41) is 11.3. The van der Waals surface area contributed by atoms with Crippen molar-refractivity contribution in [3.63, 3.8) is 0 Å². The van der Waals surface area contributed by atoms with Crippen LogP contribution in [0.4, 0.5) is 5.69 Å². The van der Waals surface area contributed by atoms with E-state index in [1.165, 1.54) is 4.90 Å². The van der Waals surface area contributed by atoms with Crippen LogP contribution in [0, 0.1) is 5.41 Å². The number of carbonyl (C=O) groups excluding carboxylic acids is 2. The highest BCUT2D eigenvalue weighted by Gasteiger charge is 2.21. The Morgan fingerprint density at radius 2 is 1.75 bits per heavy atom. The number of hydrogen-bond acceptors (Lipinski definition) is 4. The fourth-order valence-electron chi connectivity index (χ4n) is 1.77. The quantitative estimate of drug-likeness (QED) is 0.789. The average Bonchev–Trinajstić information content (AvgIpc) is 2.51. The number of nitrogens with zero attached hydrogens (tertiary/aromatic N) is 1. The van der Waals surface area contributed by atoms with Crippen molar-refractivity contribution >= 4 is 23.5 Å². The summed E-state index contributed by atoms with van der Waals surface area (Å²) in [6, 6.07) is 6.54. The van der Waals surface area contributed by atoms with E-state index in [-0.39, 0.29) is 24.8 Å². The van der Waals surface area contributed by atoms with Crippen LogP contribution in [-0.4, -0.2) is 43.1 Å². The van der Waals surface area contributed by atoms with Crippen LogP contribution in [0.3, 0.4) is 0 Å². The topological polar surface area (TPSA) is 95.9 Å². The van der Waals surface area contributed by atoms with Gasteiger partial charge in [0, 0.05) is 31.1 Å².